The van der Waals surface area contributed by atoms with Crippen LogP contribution in [0.25, 0.3) is 0 Å². The summed E-state index contributed by atoms with van der Waals surface area (Å²) in [6, 6.07) is 4.13. The van der Waals surface area contributed by atoms with Crippen molar-refractivity contribution in [1.82, 2.24) is 10.6 Å². The Bertz CT molecular complexity index is 524. The molecule has 1 aliphatic heterocycles. The maximum Gasteiger partial charge on any atom is 0.191 e. The third-order valence-electron chi connectivity index (χ3n) is 2.85. The van der Waals surface area contributed by atoms with Crippen LogP contribution in [0.15, 0.2) is 17.1 Å². The van der Waals surface area contributed by atoms with Crippen LogP contribution in [0.5, 0.6) is 11.5 Å². The van der Waals surface area contributed by atoms with Crippen molar-refractivity contribution in [2.75, 3.05) is 19.8 Å². The molecule has 0 aliphatic carbocycles. The van der Waals surface area contributed by atoms with Gasteiger partial charge in [0, 0.05) is 12.6 Å². The molecule has 5 nitrogen and oxygen atoms in total. The first kappa shape index (κ1) is 19.2. The zero-order valence-corrected chi connectivity index (χ0v) is 16.2. The van der Waals surface area contributed by atoms with Crippen LogP contribution >= 0.6 is 35.6 Å². The van der Waals surface area contributed by atoms with Crippen LogP contribution < -0.4 is 20.1 Å². The maximum atomic E-state index is 6.22. The Morgan fingerprint density at radius 1 is 1.32 bits per heavy atom. The lowest BCUT2D eigenvalue weighted by Crippen LogP contribution is -2.41. The summed E-state index contributed by atoms with van der Waals surface area (Å²) < 4.78 is 11.1. The van der Waals surface area contributed by atoms with Crippen molar-refractivity contribution >= 4 is 41.5 Å². The van der Waals surface area contributed by atoms with Crippen molar-refractivity contribution < 1.29 is 9.47 Å². The summed E-state index contributed by atoms with van der Waals surface area (Å²) >= 11 is 6.22. The normalized spacial score (nSPS) is 13.6. The highest BCUT2D eigenvalue weighted by Gasteiger charge is 2.16. The molecule has 2 N–H and O–H groups in total. The van der Waals surface area contributed by atoms with Crippen LogP contribution in [-0.2, 0) is 6.54 Å². The van der Waals surface area contributed by atoms with E-state index in [1.165, 1.54) is 0 Å². The number of ether oxygens (including phenoxy) is 2. The molecular formula is C15H23ClIN3O2. The Labute approximate surface area is 153 Å². The lowest BCUT2D eigenvalue weighted by atomic mass is 10.2. The zero-order valence-electron chi connectivity index (χ0n) is 13.1. The first-order valence-corrected chi connectivity index (χ1v) is 7.60. The van der Waals surface area contributed by atoms with E-state index in [1.54, 1.807) is 0 Å². The lowest BCUT2D eigenvalue weighted by molar-refractivity contribution is 0.171. The molecule has 22 heavy (non-hydrogen) atoms. The molecule has 0 radical (unpaired) electrons. The summed E-state index contributed by atoms with van der Waals surface area (Å²) in [7, 11) is 0. The number of halogens is 2. The number of benzene rings is 1. The summed E-state index contributed by atoms with van der Waals surface area (Å²) in [6.45, 7) is 8.62. The SMILES string of the molecule is CCNC(=NCc1cc(Cl)c2c(c1)OCCO2)NC(C)C.I. The molecule has 124 valence electrons. The van der Waals surface area contributed by atoms with E-state index in [1.807, 2.05) is 19.1 Å². The molecule has 0 saturated heterocycles. The van der Waals surface area contributed by atoms with Crippen molar-refractivity contribution in [3.8, 4) is 11.5 Å². The van der Waals surface area contributed by atoms with Gasteiger partial charge in [0.25, 0.3) is 0 Å². The predicted molar refractivity (Wildman–Crippen MR) is 101 cm³/mol. The predicted octanol–water partition coefficient (Wildman–Crippen LogP) is 3.19. The van der Waals surface area contributed by atoms with Crippen molar-refractivity contribution in [3.05, 3.63) is 22.7 Å². The van der Waals surface area contributed by atoms with E-state index in [9.17, 15) is 0 Å². The van der Waals surface area contributed by atoms with Gasteiger partial charge in [-0.25, -0.2) is 4.99 Å². The van der Waals surface area contributed by atoms with Gasteiger partial charge >= 0.3 is 0 Å². The number of guanidine groups is 1. The van der Waals surface area contributed by atoms with Crippen molar-refractivity contribution in [2.24, 2.45) is 4.99 Å². The van der Waals surface area contributed by atoms with Crippen LogP contribution in [0.1, 0.15) is 26.3 Å². The van der Waals surface area contributed by atoms with Gasteiger partial charge in [-0.2, -0.15) is 0 Å². The van der Waals surface area contributed by atoms with E-state index in [4.69, 9.17) is 21.1 Å². The van der Waals surface area contributed by atoms with E-state index < -0.39 is 0 Å². The highest BCUT2D eigenvalue weighted by atomic mass is 127. The number of nitrogens with one attached hydrogen (secondary N) is 2. The lowest BCUT2D eigenvalue weighted by Gasteiger charge is -2.20. The van der Waals surface area contributed by atoms with Crippen molar-refractivity contribution in [1.29, 1.82) is 0 Å². The van der Waals surface area contributed by atoms with Gasteiger partial charge in [-0.3, -0.25) is 0 Å². The number of hydrogen-bond donors (Lipinski definition) is 2. The van der Waals surface area contributed by atoms with Gasteiger partial charge in [0.1, 0.15) is 13.2 Å². The molecule has 1 aliphatic rings. The molecule has 1 heterocycles. The molecule has 0 unspecified atom stereocenters. The quantitative estimate of drug-likeness (QED) is 0.430. The standard InChI is InChI=1S/C15H22ClN3O2.HI/c1-4-17-15(19-10(2)3)18-9-11-7-12(16)14-13(8-11)20-5-6-21-14;/h7-8,10H,4-6,9H2,1-3H3,(H2,17,18,19);1H. The number of aliphatic imine (C=N–C) groups is 1. The van der Waals surface area contributed by atoms with Gasteiger partial charge in [-0.15, -0.1) is 24.0 Å². The summed E-state index contributed by atoms with van der Waals surface area (Å²) in [5.41, 5.74) is 0.991. The fourth-order valence-electron chi connectivity index (χ4n) is 2.02. The Balaban J connectivity index is 0.00000242. The first-order valence-electron chi connectivity index (χ1n) is 7.23. The summed E-state index contributed by atoms with van der Waals surface area (Å²) in [4.78, 5) is 4.55. The highest BCUT2D eigenvalue weighted by Crippen LogP contribution is 2.38. The monoisotopic (exact) mass is 439 g/mol. The van der Waals surface area contributed by atoms with E-state index in [0.29, 0.717) is 42.3 Å². The topological polar surface area (TPSA) is 54.9 Å². The highest BCUT2D eigenvalue weighted by molar-refractivity contribution is 14.0. The summed E-state index contributed by atoms with van der Waals surface area (Å²) in [6.07, 6.45) is 0. The van der Waals surface area contributed by atoms with Crippen LogP contribution in [0.2, 0.25) is 5.02 Å². The molecule has 1 aromatic rings. The molecule has 0 aromatic heterocycles. The van der Waals surface area contributed by atoms with Gasteiger partial charge in [0.15, 0.2) is 17.5 Å². The minimum Gasteiger partial charge on any atom is -0.486 e. The van der Waals surface area contributed by atoms with Crippen molar-refractivity contribution in [2.45, 2.75) is 33.4 Å². The number of hydrogen-bond acceptors (Lipinski definition) is 3. The van der Waals surface area contributed by atoms with Gasteiger partial charge in [0.05, 0.1) is 11.6 Å². The summed E-state index contributed by atoms with van der Waals surface area (Å²) in [5.74, 6) is 2.11. The van der Waals surface area contributed by atoms with Gasteiger partial charge in [-0.1, -0.05) is 11.6 Å². The first-order chi connectivity index (χ1) is 10.1. The minimum atomic E-state index is 0. The fraction of sp³-hybridized carbons (Fsp3) is 0.533. The second-order valence-electron chi connectivity index (χ2n) is 5.10. The average Bonchev–Trinajstić information content (AvgIpc) is 2.44. The van der Waals surface area contributed by atoms with Gasteiger partial charge in [-0.05, 0) is 38.5 Å². The van der Waals surface area contributed by atoms with E-state index >= 15 is 0 Å². The van der Waals surface area contributed by atoms with Gasteiger partial charge < -0.3 is 20.1 Å². The molecule has 0 spiro atoms. The van der Waals surface area contributed by atoms with E-state index in [0.717, 1.165) is 18.1 Å². The smallest absolute Gasteiger partial charge is 0.191 e. The van der Waals surface area contributed by atoms with Crippen molar-refractivity contribution in [3.63, 3.8) is 0 Å². The molecule has 0 saturated carbocycles. The molecule has 0 bridgehead atoms. The van der Waals surface area contributed by atoms with Gasteiger partial charge in [0.2, 0.25) is 0 Å². The molecule has 0 fully saturated rings. The zero-order chi connectivity index (χ0) is 15.2. The largest absolute Gasteiger partial charge is 0.486 e. The molecule has 1 aromatic carbocycles. The number of rotatable bonds is 4. The molecule has 2 rings (SSSR count). The Morgan fingerprint density at radius 2 is 2.05 bits per heavy atom. The molecule has 0 amide bonds. The average molecular weight is 440 g/mol. The van der Waals surface area contributed by atoms with Crippen LogP contribution in [-0.4, -0.2) is 31.8 Å². The van der Waals surface area contributed by atoms with E-state index in [-0.39, 0.29) is 24.0 Å². The summed E-state index contributed by atoms with van der Waals surface area (Å²) in [5, 5.41) is 7.06. The number of nitrogens with zero attached hydrogens (tertiary/aromatic N) is 1. The Morgan fingerprint density at radius 3 is 2.73 bits per heavy atom. The second kappa shape index (κ2) is 9.29. The third kappa shape index (κ3) is 5.39. The minimum absolute atomic E-state index is 0. The third-order valence-corrected chi connectivity index (χ3v) is 3.13. The number of fused-ring (bicyclic) bond motifs is 1. The Kier molecular flexibility index (Phi) is 8.09. The molecule has 0 atom stereocenters. The van der Waals surface area contributed by atoms with Crippen LogP contribution in [0, 0.1) is 0 Å². The van der Waals surface area contributed by atoms with E-state index in [2.05, 4.69) is 29.5 Å². The maximum absolute atomic E-state index is 6.22. The Hall–Kier alpha value is -0.890. The van der Waals surface area contributed by atoms with Crippen LogP contribution in [0.4, 0.5) is 0 Å². The second-order valence-corrected chi connectivity index (χ2v) is 5.50. The molecular weight excluding hydrogens is 417 g/mol. The fourth-order valence-corrected chi connectivity index (χ4v) is 2.31. The van der Waals surface area contributed by atoms with Crippen LogP contribution in [0.3, 0.4) is 0 Å². The molecule has 7 heteroatoms.